The summed E-state index contributed by atoms with van der Waals surface area (Å²) in [5, 5.41) is 18.7. The van der Waals surface area contributed by atoms with Crippen LogP contribution in [-0.4, -0.2) is 10.4 Å². The summed E-state index contributed by atoms with van der Waals surface area (Å²) in [6, 6.07) is 22.7. The smallest absolute Gasteiger partial charge is 0.0949 e. The van der Waals surface area contributed by atoms with Crippen molar-refractivity contribution < 1.29 is 10.4 Å². The lowest BCUT2D eigenvalue weighted by Crippen LogP contribution is -2.10. The molecule has 4 N–H and O–H groups in total. The van der Waals surface area contributed by atoms with Crippen molar-refractivity contribution in [1.29, 1.82) is 0 Å². The van der Waals surface area contributed by atoms with E-state index >= 15 is 0 Å². The standard InChI is InChI=1S/C18H16N2O2/c19-15-8-6-14(7-9-15)17-11-10-16(20(21)22)12-18(17)13-4-2-1-3-5-13/h1-12,21-22H,19H2. The molecule has 22 heavy (non-hydrogen) atoms. The minimum absolute atomic E-state index is 0.124. The minimum Gasteiger partial charge on any atom is -0.399 e. The molecule has 0 amide bonds. The van der Waals surface area contributed by atoms with Gasteiger partial charge in [-0.05, 0) is 46.5 Å². The first-order valence-corrected chi connectivity index (χ1v) is 6.88. The van der Waals surface area contributed by atoms with Crippen LogP contribution in [0.5, 0.6) is 0 Å². The number of benzene rings is 3. The summed E-state index contributed by atoms with van der Waals surface area (Å²) < 4.78 is 0. The second kappa shape index (κ2) is 5.89. The molecule has 0 aliphatic heterocycles. The molecular formula is C18H16N2O2. The van der Waals surface area contributed by atoms with E-state index in [-0.39, 0.29) is 5.23 Å². The highest BCUT2D eigenvalue weighted by Crippen LogP contribution is 2.35. The van der Waals surface area contributed by atoms with E-state index in [1.54, 1.807) is 12.1 Å². The molecule has 3 aromatic rings. The van der Waals surface area contributed by atoms with Crippen molar-refractivity contribution in [2.24, 2.45) is 0 Å². The summed E-state index contributed by atoms with van der Waals surface area (Å²) in [7, 11) is 0. The normalized spacial score (nSPS) is 10.5. The molecule has 0 aliphatic carbocycles. The van der Waals surface area contributed by atoms with Crippen LogP contribution in [0.15, 0.2) is 72.8 Å². The highest BCUT2D eigenvalue weighted by atomic mass is 16.8. The van der Waals surface area contributed by atoms with E-state index in [2.05, 4.69) is 0 Å². The highest BCUT2D eigenvalue weighted by molar-refractivity contribution is 5.86. The Bertz CT molecular complexity index is 769. The molecule has 0 saturated carbocycles. The summed E-state index contributed by atoms with van der Waals surface area (Å²) in [6.07, 6.45) is 0. The van der Waals surface area contributed by atoms with E-state index in [1.165, 1.54) is 0 Å². The lowest BCUT2D eigenvalue weighted by atomic mass is 9.94. The van der Waals surface area contributed by atoms with Crippen LogP contribution in [0.25, 0.3) is 22.3 Å². The molecule has 4 nitrogen and oxygen atoms in total. The zero-order chi connectivity index (χ0) is 15.5. The summed E-state index contributed by atoms with van der Waals surface area (Å²) in [6.45, 7) is 0. The first kappa shape index (κ1) is 14.1. The molecule has 0 radical (unpaired) electrons. The molecule has 4 heteroatoms. The molecule has 0 aromatic heterocycles. The second-order valence-electron chi connectivity index (χ2n) is 5.01. The van der Waals surface area contributed by atoms with Crippen LogP contribution in [0.4, 0.5) is 11.4 Å². The van der Waals surface area contributed by atoms with Crippen LogP contribution in [0.3, 0.4) is 0 Å². The van der Waals surface area contributed by atoms with Gasteiger partial charge in [0, 0.05) is 5.69 Å². The lowest BCUT2D eigenvalue weighted by molar-refractivity contribution is 0.0292. The number of hydrogen-bond acceptors (Lipinski definition) is 4. The number of nitrogen functional groups attached to an aromatic ring is 1. The van der Waals surface area contributed by atoms with Crippen molar-refractivity contribution in [3.05, 3.63) is 72.8 Å². The van der Waals surface area contributed by atoms with Gasteiger partial charge < -0.3 is 5.73 Å². The van der Waals surface area contributed by atoms with Crippen molar-refractivity contribution in [2.75, 3.05) is 11.0 Å². The Labute approximate surface area is 128 Å². The predicted molar refractivity (Wildman–Crippen MR) is 87.8 cm³/mol. The zero-order valence-corrected chi connectivity index (χ0v) is 11.8. The van der Waals surface area contributed by atoms with E-state index < -0.39 is 0 Å². The van der Waals surface area contributed by atoms with Gasteiger partial charge in [0.1, 0.15) is 0 Å². The van der Waals surface area contributed by atoms with Gasteiger partial charge in [-0.3, -0.25) is 10.4 Å². The monoisotopic (exact) mass is 292 g/mol. The maximum absolute atomic E-state index is 9.27. The van der Waals surface area contributed by atoms with Crippen LogP contribution >= 0.6 is 0 Å². The number of anilines is 2. The molecule has 0 aliphatic rings. The molecule has 0 bridgehead atoms. The van der Waals surface area contributed by atoms with E-state index in [0.717, 1.165) is 22.3 Å². The molecule has 0 spiro atoms. The second-order valence-corrected chi connectivity index (χ2v) is 5.01. The average molecular weight is 292 g/mol. The van der Waals surface area contributed by atoms with Crippen molar-refractivity contribution >= 4 is 11.4 Å². The first-order valence-electron chi connectivity index (χ1n) is 6.88. The van der Waals surface area contributed by atoms with E-state index in [9.17, 15) is 10.4 Å². The SMILES string of the molecule is Nc1ccc(-c2ccc(N(O)O)cc2-c2ccccc2)cc1. The summed E-state index contributed by atoms with van der Waals surface area (Å²) in [4.78, 5) is 0. The Morgan fingerprint density at radius 2 is 1.32 bits per heavy atom. The Balaban J connectivity index is 2.19. The van der Waals surface area contributed by atoms with Gasteiger partial charge in [0.25, 0.3) is 0 Å². The Kier molecular flexibility index (Phi) is 3.78. The van der Waals surface area contributed by atoms with Gasteiger partial charge in [0.2, 0.25) is 0 Å². The fraction of sp³-hybridized carbons (Fsp3) is 0. The molecule has 0 saturated heterocycles. The van der Waals surface area contributed by atoms with Crippen molar-refractivity contribution in [3.8, 4) is 22.3 Å². The number of nitrogens with two attached hydrogens (primary N) is 1. The third kappa shape index (κ3) is 2.79. The van der Waals surface area contributed by atoms with E-state index in [4.69, 9.17) is 5.73 Å². The van der Waals surface area contributed by atoms with Gasteiger partial charge in [0.15, 0.2) is 0 Å². The predicted octanol–water partition coefficient (Wildman–Crippen LogP) is 4.19. The highest BCUT2D eigenvalue weighted by Gasteiger charge is 2.10. The summed E-state index contributed by atoms with van der Waals surface area (Å²) in [5.41, 5.74) is 10.7. The Morgan fingerprint density at radius 3 is 1.95 bits per heavy atom. The van der Waals surface area contributed by atoms with Gasteiger partial charge in [-0.15, -0.1) is 5.23 Å². The molecule has 3 aromatic carbocycles. The fourth-order valence-corrected chi connectivity index (χ4v) is 2.43. The number of rotatable bonds is 3. The third-order valence-electron chi connectivity index (χ3n) is 3.54. The van der Waals surface area contributed by atoms with Crippen molar-refractivity contribution in [3.63, 3.8) is 0 Å². The van der Waals surface area contributed by atoms with Gasteiger partial charge >= 0.3 is 0 Å². The van der Waals surface area contributed by atoms with Crippen LogP contribution in [-0.2, 0) is 0 Å². The lowest BCUT2D eigenvalue weighted by Gasteiger charge is -2.15. The van der Waals surface area contributed by atoms with E-state index in [0.29, 0.717) is 11.4 Å². The molecule has 3 rings (SSSR count). The quantitative estimate of drug-likeness (QED) is 0.500. The first-order chi connectivity index (χ1) is 10.6. The molecule has 110 valence electrons. The fourth-order valence-electron chi connectivity index (χ4n) is 2.43. The number of nitrogens with zero attached hydrogens (tertiary/aromatic N) is 1. The van der Waals surface area contributed by atoms with Crippen LogP contribution in [0, 0.1) is 0 Å². The molecule has 0 unspecified atom stereocenters. The van der Waals surface area contributed by atoms with Gasteiger partial charge in [-0.1, -0.05) is 48.5 Å². The summed E-state index contributed by atoms with van der Waals surface area (Å²) >= 11 is 0. The van der Waals surface area contributed by atoms with Crippen LogP contribution < -0.4 is 11.0 Å². The van der Waals surface area contributed by atoms with Crippen LogP contribution in [0.2, 0.25) is 0 Å². The molecule has 0 atom stereocenters. The average Bonchev–Trinajstić information content (AvgIpc) is 2.56. The maximum atomic E-state index is 9.27. The van der Waals surface area contributed by atoms with Gasteiger partial charge in [-0.2, -0.15) is 0 Å². The third-order valence-corrected chi connectivity index (χ3v) is 3.54. The topological polar surface area (TPSA) is 69.7 Å². The largest absolute Gasteiger partial charge is 0.399 e. The minimum atomic E-state index is 0.124. The maximum Gasteiger partial charge on any atom is 0.0949 e. The molecule has 0 fully saturated rings. The zero-order valence-electron chi connectivity index (χ0n) is 11.8. The van der Waals surface area contributed by atoms with Crippen molar-refractivity contribution in [2.45, 2.75) is 0 Å². The van der Waals surface area contributed by atoms with Crippen molar-refractivity contribution in [1.82, 2.24) is 0 Å². The number of hydrogen-bond donors (Lipinski definition) is 3. The van der Waals surface area contributed by atoms with Crippen LogP contribution in [0.1, 0.15) is 0 Å². The van der Waals surface area contributed by atoms with E-state index in [1.807, 2.05) is 60.7 Å². The van der Waals surface area contributed by atoms with Gasteiger partial charge in [-0.25, -0.2) is 0 Å². The summed E-state index contributed by atoms with van der Waals surface area (Å²) in [5.74, 6) is 0. The Hall–Kier alpha value is -2.82. The Morgan fingerprint density at radius 1 is 0.682 bits per heavy atom. The molecular weight excluding hydrogens is 276 g/mol. The van der Waals surface area contributed by atoms with Gasteiger partial charge in [0.05, 0.1) is 5.69 Å². The molecule has 0 heterocycles.